The summed E-state index contributed by atoms with van der Waals surface area (Å²) in [5.41, 5.74) is 1.68. The van der Waals surface area contributed by atoms with Crippen molar-refractivity contribution in [3.05, 3.63) is 48.4 Å². The average molecular weight is 261 g/mol. The number of methoxy groups -OCH3 is 1. The second-order valence-corrected chi connectivity index (χ2v) is 3.90. The molecule has 6 heteroatoms. The molecule has 0 fully saturated rings. The Kier molecular flexibility index (Phi) is 2.63. The Balaban J connectivity index is 2.23. The number of hydrogen-bond donors (Lipinski definition) is 0. The van der Waals surface area contributed by atoms with E-state index in [2.05, 4.69) is 9.97 Å². The molecule has 0 radical (unpaired) electrons. The van der Waals surface area contributed by atoms with Crippen LogP contribution < -0.4 is 4.74 Å². The van der Waals surface area contributed by atoms with Gasteiger partial charge in [-0.25, -0.2) is 18.7 Å². The maximum absolute atomic E-state index is 13.3. The van der Waals surface area contributed by atoms with E-state index in [4.69, 9.17) is 4.74 Å². The molecule has 2 heterocycles. The van der Waals surface area contributed by atoms with Gasteiger partial charge in [0.05, 0.1) is 19.0 Å². The molecule has 0 atom stereocenters. The van der Waals surface area contributed by atoms with Crippen LogP contribution in [0.4, 0.5) is 8.78 Å². The van der Waals surface area contributed by atoms with Crippen molar-refractivity contribution in [3.8, 4) is 17.1 Å². The van der Waals surface area contributed by atoms with Crippen molar-refractivity contribution in [3.63, 3.8) is 0 Å². The first kappa shape index (κ1) is 11.6. The minimum Gasteiger partial charge on any atom is -0.478 e. The van der Waals surface area contributed by atoms with Crippen LogP contribution in [0.3, 0.4) is 0 Å². The molecule has 3 rings (SSSR count). The minimum absolute atomic E-state index is 0.372. The zero-order valence-corrected chi connectivity index (χ0v) is 9.97. The first-order valence-electron chi connectivity index (χ1n) is 5.52. The van der Waals surface area contributed by atoms with Crippen LogP contribution in [0.1, 0.15) is 0 Å². The lowest BCUT2D eigenvalue weighted by atomic mass is 10.1. The summed E-state index contributed by atoms with van der Waals surface area (Å²) in [4.78, 5) is 8.20. The fourth-order valence-corrected chi connectivity index (χ4v) is 1.91. The van der Waals surface area contributed by atoms with Crippen molar-refractivity contribution < 1.29 is 13.5 Å². The normalized spacial score (nSPS) is 10.9. The Morgan fingerprint density at radius 1 is 1.16 bits per heavy atom. The van der Waals surface area contributed by atoms with Crippen LogP contribution in [0, 0.1) is 11.6 Å². The average Bonchev–Trinajstić information content (AvgIpc) is 2.85. The molecule has 4 nitrogen and oxygen atoms in total. The van der Waals surface area contributed by atoms with Gasteiger partial charge in [-0.3, -0.25) is 4.40 Å². The van der Waals surface area contributed by atoms with Gasteiger partial charge in [-0.15, -0.1) is 0 Å². The van der Waals surface area contributed by atoms with E-state index in [1.54, 1.807) is 23.0 Å². The van der Waals surface area contributed by atoms with Gasteiger partial charge in [-0.1, -0.05) is 0 Å². The van der Waals surface area contributed by atoms with Gasteiger partial charge in [-0.2, -0.15) is 0 Å². The summed E-state index contributed by atoms with van der Waals surface area (Å²) in [7, 11) is 1.49. The summed E-state index contributed by atoms with van der Waals surface area (Å²) < 4.78 is 33.0. The number of hydrogen-bond acceptors (Lipinski definition) is 3. The summed E-state index contributed by atoms with van der Waals surface area (Å²) in [6, 6.07) is 3.71. The van der Waals surface area contributed by atoms with Crippen molar-refractivity contribution in [2.75, 3.05) is 7.11 Å². The second-order valence-electron chi connectivity index (χ2n) is 3.90. The molecule has 0 bridgehead atoms. The molecule has 0 aliphatic heterocycles. The Morgan fingerprint density at radius 2 is 2.00 bits per heavy atom. The Hall–Kier alpha value is -2.50. The van der Waals surface area contributed by atoms with Crippen molar-refractivity contribution in [2.24, 2.45) is 0 Å². The van der Waals surface area contributed by atoms with Gasteiger partial charge in [0.2, 0.25) is 5.65 Å². The van der Waals surface area contributed by atoms with Gasteiger partial charge in [0, 0.05) is 18.0 Å². The molecule has 3 aromatic rings. The molecule has 0 unspecified atom stereocenters. The number of halogens is 2. The quantitative estimate of drug-likeness (QED) is 0.712. The zero-order chi connectivity index (χ0) is 13.4. The highest BCUT2D eigenvalue weighted by molar-refractivity contribution is 5.65. The molecule has 2 aromatic heterocycles. The fraction of sp³-hybridized carbons (Fsp3) is 0.0769. The number of rotatable bonds is 2. The summed E-state index contributed by atoms with van der Waals surface area (Å²) >= 11 is 0. The van der Waals surface area contributed by atoms with Crippen LogP contribution in [-0.4, -0.2) is 21.5 Å². The molecule has 1 aromatic carbocycles. The maximum Gasteiger partial charge on any atom is 0.258 e. The highest BCUT2D eigenvalue weighted by Gasteiger charge is 2.12. The molecule has 0 N–H and O–H groups in total. The molecule has 0 saturated carbocycles. The second kappa shape index (κ2) is 4.31. The molecule has 96 valence electrons. The van der Waals surface area contributed by atoms with Crippen molar-refractivity contribution in [1.82, 2.24) is 14.4 Å². The van der Waals surface area contributed by atoms with E-state index in [-0.39, 0.29) is 0 Å². The SMILES string of the molecule is COc1nccn2c(-c3ccc(F)c(F)c3)cnc12. The number of fused-ring (bicyclic) bond motifs is 1. The lowest BCUT2D eigenvalue weighted by Gasteiger charge is -2.04. The number of imidazole rings is 1. The lowest BCUT2D eigenvalue weighted by Crippen LogP contribution is -1.95. The molecule has 0 amide bonds. The van der Waals surface area contributed by atoms with Gasteiger partial charge in [-0.05, 0) is 18.2 Å². The molecule has 0 aliphatic rings. The van der Waals surface area contributed by atoms with Crippen molar-refractivity contribution >= 4 is 5.65 Å². The zero-order valence-electron chi connectivity index (χ0n) is 9.97. The van der Waals surface area contributed by atoms with E-state index in [9.17, 15) is 8.78 Å². The predicted octanol–water partition coefficient (Wildman–Crippen LogP) is 2.68. The van der Waals surface area contributed by atoms with Crippen molar-refractivity contribution in [1.29, 1.82) is 0 Å². The van der Waals surface area contributed by atoms with E-state index in [1.807, 2.05) is 0 Å². The van der Waals surface area contributed by atoms with Gasteiger partial charge >= 0.3 is 0 Å². The van der Waals surface area contributed by atoms with Crippen LogP contribution in [0.25, 0.3) is 16.9 Å². The minimum atomic E-state index is -0.895. The first-order valence-corrected chi connectivity index (χ1v) is 5.52. The van der Waals surface area contributed by atoms with Crippen molar-refractivity contribution in [2.45, 2.75) is 0 Å². The number of nitrogens with zero attached hydrogens (tertiary/aromatic N) is 3. The highest BCUT2D eigenvalue weighted by atomic mass is 19.2. The van der Waals surface area contributed by atoms with E-state index < -0.39 is 11.6 Å². The highest BCUT2D eigenvalue weighted by Crippen LogP contribution is 2.25. The molecular weight excluding hydrogens is 252 g/mol. The standard InChI is InChI=1S/C13H9F2N3O/c1-19-13-12-17-7-11(18(12)5-4-16-13)8-2-3-9(14)10(15)6-8/h2-7H,1H3. The first-order chi connectivity index (χ1) is 9.20. The van der Waals surface area contributed by atoms with E-state index in [0.717, 1.165) is 12.1 Å². The van der Waals surface area contributed by atoms with E-state index in [0.29, 0.717) is 22.8 Å². The molecule has 0 aliphatic carbocycles. The molecular formula is C13H9F2N3O. The third-order valence-corrected chi connectivity index (χ3v) is 2.80. The Labute approximate surface area is 107 Å². The Bertz CT molecular complexity index is 755. The third-order valence-electron chi connectivity index (χ3n) is 2.80. The molecule has 0 saturated heterocycles. The predicted molar refractivity (Wildman–Crippen MR) is 64.9 cm³/mol. The van der Waals surface area contributed by atoms with Crippen LogP contribution in [0.2, 0.25) is 0 Å². The number of benzene rings is 1. The molecule has 0 spiro atoms. The topological polar surface area (TPSA) is 39.4 Å². The van der Waals surface area contributed by atoms with E-state index in [1.165, 1.54) is 13.2 Å². The van der Waals surface area contributed by atoms with Crippen LogP contribution in [-0.2, 0) is 0 Å². The third kappa shape index (κ3) is 1.81. The lowest BCUT2D eigenvalue weighted by molar-refractivity contribution is 0.400. The van der Waals surface area contributed by atoms with Gasteiger partial charge < -0.3 is 4.74 Å². The van der Waals surface area contributed by atoms with Gasteiger partial charge in [0.25, 0.3) is 5.88 Å². The van der Waals surface area contributed by atoms with E-state index >= 15 is 0 Å². The largest absolute Gasteiger partial charge is 0.478 e. The molecule has 19 heavy (non-hydrogen) atoms. The summed E-state index contributed by atoms with van der Waals surface area (Å²) in [5.74, 6) is -1.40. The fourth-order valence-electron chi connectivity index (χ4n) is 1.91. The summed E-state index contributed by atoms with van der Waals surface area (Å²) in [6.07, 6.45) is 4.80. The van der Waals surface area contributed by atoms with Crippen LogP contribution in [0.15, 0.2) is 36.8 Å². The van der Waals surface area contributed by atoms with Gasteiger partial charge in [0.1, 0.15) is 0 Å². The summed E-state index contributed by atoms with van der Waals surface area (Å²) in [6.45, 7) is 0. The monoisotopic (exact) mass is 261 g/mol. The maximum atomic E-state index is 13.3. The van der Waals surface area contributed by atoms with Crippen LogP contribution in [0.5, 0.6) is 5.88 Å². The Morgan fingerprint density at radius 3 is 2.74 bits per heavy atom. The number of ether oxygens (including phenoxy) is 1. The van der Waals surface area contributed by atoms with Crippen LogP contribution >= 0.6 is 0 Å². The number of aromatic nitrogens is 3. The summed E-state index contributed by atoms with van der Waals surface area (Å²) in [5, 5.41) is 0. The smallest absolute Gasteiger partial charge is 0.258 e. The van der Waals surface area contributed by atoms with Gasteiger partial charge in [0.15, 0.2) is 11.6 Å².